The van der Waals surface area contributed by atoms with Gasteiger partial charge in [-0.3, -0.25) is 0 Å². The minimum Gasteiger partial charge on any atom is -0.465 e. The van der Waals surface area contributed by atoms with Crippen LogP contribution in [-0.4, -0.2) is 38.9 Å². The number of esters is 1. The number of hydrogen-bond donors (Lipinski definition) is 1. The predicted molar refractivity (Wildman–Crippen MR) is 74.4 cm³/mol. The van der Waals surface area contributed by atoms with Gasteiger partial charge < -0.3 is 20.1 Å². The summed E-state index contributed by atoms with van der Waals surface area (Å²) in [4.78, 5) is 14.0. The molecule has 0 aromatic heterocycles. The van der Waals surface area contributed by atoms with Crippen LogP contribution < -0.4 is 10.6 Å². The summed E-state index contributed by atoms with van der Waals surface area (Å²) >= 11 is 0. The van der Waals surface area contributed by atoms with E-state index < -0.39 is 0 Å². The fourth-order valence-corrected chi connectivity index (χ4v) is 2.32. The van der Waals surface area contributed by atoms with Crippen molar-refractivity contribution in [3.05, 3.63) is 23.8 Å². The number of benzene rings is 1. The summed E-state index contributed by atoms with van der Waals surface area (Å²) in [5, 5.41) is 0. The van der Waals surface area contributed by atoms with E-state index in [1.165, 1.54) is 7.11 Å². The van der Waals surface area contributed by atoms with E-state index in [-0.39, 0.29) is 12.1 Å². The molecule has 1 unspecified atom stereocenters. The maximum atomic E-state index is 11.9. The summed E-state index contributed by atoms with van der Waals surface area (Å²) in [6.07, 6.45) is 1.08. The van der Waals surface area contributed by atoms with Gasteiger partial charge in [-0.05, 0) is 31.5 Å². The second-order valence-corrected chi connectivity index (χ2v) is 4.75. The number of carbonyl (C=O) groups is 1. The number of nitrogens with two attached hydrogens (primary N) is 1. The van der Waals surface area contributed by atoms with Gasteiger partial charge in [0, 0.05) is 25.4 Å². The van der Waals surface area contributed by atoms with Gasteiger partial charge in [0.25, 0.3) is 0 Å². The Morgan fingerprint density at radius 3 is 3.05 bits per heavy atom. The molecule has 5 nitrogen and oxygen atoms in total. The monoisotopic (exact) mass is 264 g/mol. The second kappa shape index (κ2) is 5.93. The van der Waals surface area contributed by atoms with Gasteiger partial charge in [0.2, 0.25) is 0 Å². The van der Waals surface area contributed by atoms with Crippen molar-refractivity contribution in [2.45, 2.75) is 19.4 Å². The molecule has 1 heterocycles. The summed E-state index contributed by atoms with van der Waals surface area (Å²) in [7, 11) is 1.38. The molecule has 0 radical (unpaired) electrons. The molecule has 0 bridgehead atoms. The summed E-state index contributed by atoms with van der Waals surface area (Å²) in [6, 6.07) is 5.34. The van der Waals surface area contributed by atoms with Gasteiger partial charge in [-0.1, -0.05) is 0 Å². The number of ether oxygens (including phenoxy) is 2. The van der Waals surface area contributed by atoms with Gasteiger partial charge in [0.15, 0.2) is 0 Å². The lowest BCUT2D eigenvalue weighted by atomic mass is 10.1. The maximum Gasteiger partial charge on any atom is 0.340 e. The average molecular weight is 264 g/mol. The summed E-state index contributed by atoms with van der Waals surface area (Å²) in [5.41, 5.74) is 7.69. The smallest absolute Gasteiger partial charge is 0.340 e. The van der Waals surface area contributed by atoms with Crippen molar-refractivity contribution in [2.75, 3.05) is 37.4 Å². The third-order valence-electron chi connectivity index (χ3n) is 3.22. The molecule has 1 atom stereocenters. The van der Waals surface area contributed by atoms with Crippen molar-refractivity contribution in [1.29, 1.82) is 0 Å². The highest BCUT2D eigenvalue weighted by molar-refractivity contribution is 5.97. The molecule has 0 saturated carbocycles. The first-order valence-electron chi connectivity index (χ1n) is 6.46. The van der Waals surface area contributed by atoms with Crippen LogP contribution in [-0.2, 0) is 9.47 Å². The van der Waals surface area contributed by atoms with Crippen molar-refractivity contribution >= 4 is 17.3 Å². The number of hydrogen-bond acceptors (Lipinski definition) is 5. The van der Waals surface area contributed by atoms with Crippen molar-refractivity contribution in [3.8, 4) is 0 Å². The normalized spacial score (nSPS) is 19.9. The first-order valence-corrected chi connectivity index (χ1v) is 6.46. The minimum atomic E-state index is -0.361. The minimum absolute atomic E-state index is 0.144. The molecule has 1 aliphatic rings. The molecule has 19 heavy (non-hydrogen) atoms. The van der Waals surface area contributed by atoms with Crippen LogP contribution in [0.5, 0.6) is 0 Å². The van der Waals surface area contributed by atoms with Crippen LogP contribution in [0, 0.1) is 0 Å². The summed E-state index contributed by atoms with van der Waals surface area (Å²) in [6.45, 7) is 4.40. The highest BCUT2D eigenvalue weighted by atomic mass is 16.5. The van der Waals surface area contributed by atoms with Crippen LogP contribution in [0.4, 0.5) is 11.4 Å². The van der Waals surface area contributed by atoms with Crippen molar-refractivity contribution in [1.82, 2.24) is 0 Å². The summed E-state index contributed by atoms with van der Waals surface area (Å²) < 4.78 is 10.5. The fourth-order valence-electron chi connectivity index (χ4n) is 2.32. The highest BCUT2D eigenvalue weighted by Gasteiger charge is 2.21. The van der Waals surface area contributed by atoms with E-state index in [1.54, 1.807) is 12.1 Å². The number of rotatable bonds is 2. The van der Waals surface area contributed by atoms with Crippen LogP contribution in [0.3, 0.4) is 0 Å². The molecule has 5 heteroatoms. The van der Waals surface area contributed by atoms with Crippen LogP contribution in [0.1, 0.15) is 23.7 Å². The molecule has 1 aliphatic heterocycles. The molecule has 1 aromatic rings. The third kappa shape index (κ3) is 3.17. The van der Waals surface area contributed by atoms with Gasteiger partial charge in [0.05, 0.1) is 24.5 Å². The Morgan fingerprint density at radius 1 is 1.53 bits per heavy atom. The van der Waals surface area contributed by atoms with Gasteiger partial charge in [-0.25, -0.2) is 4.79 Å². The molecular weight excluding hydrogens is 244 g/mol. The van der Waals surface area contributed by atoms with Crippen LogP contribution in [0.2, 0.25) is 0 Å². The molecule has 0 aliphatic carbocycles. The number of carbonyl (C=O) groups excluding carboxylic acids is 1. The summed E-state index contributed by atoms with van der Waals surface area (Å²) in [5.74, 6) is -0.361. The third-order valence-corrected chi connectivity index (χ3v) is 3.22. The number of anilines is 2. The Morgan fingerprint density at radius 2 is 2.32 bits per heavy atom. The van der Waals surface area contributed by atoms with Gasteiger partial charge in [-0.2, -0.15) is 0 Å². The zero-order chi connectivity index (χ0) is 13.8. The van der Waals surface area contributed by atoms with Gasteiger partial charge in [-0.15, -0.1) is 0 Å². The maximum absolute atomic E-state index is 11.9. The first-order chi connectivity index (χ1) is 9.11. The van der Waals surface area contributed by atoms with Gasteiger partial charge in [0.1, 0.15) is 0 Å². The largest absolute Gasteiger partial charge is 0.465 e. The van der Waals surface area contributed by atoms with E-state index in [4.69, 9.17) is 15.2 Å². The van der Waals surface area contributed by atoms with E-state index in [0.717, 1.165) is 31.8 Å². The Kier molecular flexibility index (Phi) is 4.27. The molecule has 0 amide bonds. The van der Waals surface area contributed by atoms with Gasteiger partial charge >= 0.3 is 5.97 Å². The fraction of sp³-hybridized carbons (Fsp3) is 0.500. The highest BCUT2D eigenvalue weighted by Crippen LogP contribution is 2.25. The van der Waals surface area contributed by atoms with E-state index in [0.29, 0.717) is 11.3 Å². The molecular formula is C14H20N2O3. The molecule has 104 valence electrons. The Bertz CT molecular complexity index is 462. The van der Waals surface area contributed by atoms with E-state index in [2.05, 4.69) is 4.90 Å². The van der Waals surface area contributed by atoms with E-state index >= 15 is 0 Å². The second-order valence-electron chi connectivity index (χ2n) is 4.75. The first kappa shape index (κ1) is 13.7. The zero-order valence-electron chi connectivity index (χ0n) is 11.4. The number of methoxy groups -OCH3 is 1. The van der Waals surface area contributed by atoms with E-state index in [1.807, 2.05) is 13.0 Å². The van der Waals surface area contributed by atoms with Crippen LogP contribution in [0.25, 0.3) is 0 Å². The molecule has 2 N–H and O–H groups in total. The standard InChI is InChI=1S/C14H20N2O3/c1-10-9-16(6-3-7-19-10)13-5-4-11(15)8-12(13)14(17)18-2/h4-5,8,10H,3,6-7,9,15H2,1-2H3. The van der Waals surface area contributed by atoms with Crippen LogP contribution in [0.15, 0.2) is 18.2 Å². The molecule has 1 aromatic carbocycles. The topological polar surface area (TPSA) is 64.8 Å². The van der Waals surface area contributed by atoms with Crippen molar-refractivity contribution < 1.29 is 14.3 Å². The lowest BCUT2D eigenvalue weighted by Crippen LogP contribution is -2.31. The number of nitrogens with zero attached hydrogens (tertiary/aromatic N) is 1. The van der Waals surface area contributed by atoms with E-state index in [9.17, 15) is 4.79 Å². The lowest BCUT2D eigenvalue weighted by Gasteiger charge is -2.26. The Balaban J connectivity index is 2.34. The predicted octanol–water partition coefficient (Wildman–Crippen LogP) is 1.67. The SMILES string of the molecule is COC(=O)c1cc(N)ccc1N1CCCOC(C)C1. The van der Waals surface area contributed by atoms with Crippen molar-refractivity contribution in [3.63, 3.8) is 0 Å². The van der Waals surface area contributed by atoms with Crippen LogP contribution >= 0.6 is 0 Å². The Hall–Kier alpha value is -1.75. The lowest BCUT2D eigenvalue weighted by molar-refractivity contribution is 0.0601. The zero-order valence-corrected chi connectivity index (χ0v) is 11.4. The average Bonchev–Trinajstić information content (AvgIpc) is 2.62. The quantitative estimate of drug-likeness (QED) is 0.650. The molecule has 0 spiro atoms. The number of nitrogen functional groups attached to an aromatic ring is 1. The van der Waals surface area contributed by atoms with Crippen molar-refractivity contribution in [2.24, 2.45) is 0 Å². The molecule has 1 fully saturated rings. The Labute approximate surface area is 113 Å². The molecule has 2 rings (SSSR count). The molecule has 1 saturated heterocycles.